The van der Waals surface area contributed by atoms with Gasteiger partial charge in [-0.15, -0.1) is 0 Å². The van der Waals surface area contributed by atoms with Gasteiger partial charge in [-0.1, -0.05) is 45.4 Å². The SMILES string of the molecule is CCCCCC1CCC(C(O)C2CCC(C3CO3)C(F)C2F)CC1. The normalized spacial score (nSPS) is 44.2. The number of alkyl halides is 2. The monoisotopic (exact) mass is 344 g/mol. The largest absolute Gasteiger partial charge is 0.392 e. The molecule has 0 radical (unpaired) electrons. The number of hydrogen-bond acceptors (Lipinski definition) is 2. The molecule has 24 heavy (non-hydrogen) atoms. The fourth-order valence-corrected chi connectivity index (χ4v) is 5.08. The first kappa shape index (κ1) is 18.6. The molecule has 0 aromatic carbocycles. The Morgan fingerprint density at radius 3 is 2.33 bits per heavy atom. The van der Waals surface area contributed by atoms with E-state index in [-0.39, 0.29) is 17.9 Å². The van der Waals surface area contributed by atoms with E-state index in [2.05, 4.69) is 6.92 Å². The zero-order chi connectivity index (χ0) is 17.1. The molecule has 2 saturated carbocycles. The third kappa shape index (κ3) is 4.30. The minimum absolute atomic E-state index is 0.0742. The first-order valence-corrected chi connectivity index (χ1v) is 10.2. The first-order chi connectivity index (χ1) is 11.6. The highest BCUT2D eigenvalue weighted by molar-refractivity contribution is 4.98. The van der Waals surface area contributed by atoms with Crippen molar-refractivity contribution in [3.63, 3.8) is 0 Å². The molecule has 6 atom stereocenters. The Bertz CT molecular complexity index is 380. The highest BCUT2D eigenvalue weighted by Gasteiger charge is 2.50. The number of ether oxygens (including phenoxy) is 1. The summed E-state index contributed by atoms with van der Waals surface area (Å²) in [5.41, 5.74) is 0. The van der Waals surface area contributed by atoms with Crippen LogP contribution in [-0.2, 0) is 4.74 Å². The zero-order valence-electron chi connectivity index (χ0n) is 15.0. The van der Waals surface area contributed by atoms with Crippen molar-refractivity contribution in [2.75, 3.05) is 6.61 Å². The number of epoxide rings is 1. The summed E-state index contributed by atoms with van der Waals surface area (Å²) in [4.78, 5) is 0. The quantitative estimate of drug-likeness (QED) is 0.530. The van der Waals surface area contributed by atoms with Crippen LogP contribution in [0.15, 0.2) is 0 Å². The molecule has 0 bridgehead atoms. The van der Waals surface area contributed by atoms with Gasteiger partial charge in [0.15, 0.2) is 0 Å². The second-order valence-corrected chi connectivity index (χ2v) is 8.43. The number of rotatable bonds is 7. The van der Waals surface area contributed by atoms with Crippen LogP contribution in [-0.4, -0.2) is 36.3 Å². The van der Waals surface area contributed by atoms with Crippen LogP contribution in [0.25, 0.3) is 0 Å². The lowest BCUT2D eigenvalue weighted by Gasteiger charge is -2.41. The van der Waals surface area contributed by atoms with Crippen LogP contribution in [0.5, 0.6) is 0 Å². The summed E-state index contributed by atoms with van der Waals surface area (Å²) in [5.74, 6) is 0.129. The summed E-state index contributed by atoms with van der Waals surface area (Å²) in [6, 6.07) is 0. The molecule has 0 spiro atoms. The van der Waals surface area contributed by atoms with Crippen molar-refractivity contribution in [2.24, 2.45) is 23.7 Å². The van der Waals surface area contributed by atoms with Crippen molar-refractivity contribution in [3.8, 4) is 0 Å². The van der Waals surface area contributed by atoms with Gasteiger partial charge < -0.3 is 9.84 Å². The van der Waals surface area contributed by atoms with Gasteiger partial charge in [0, 0.05) is 11.8 Å². The number of aliphatic hydroxyl groups excluding tert-OH is 1. The molecule has 1 heterocycles. The maximum atomic E-state index is 14.6. The lowest BCUT2D eigenvalue weighted by Crippen LogP contribution is -2.47. The van der Waals surface area contributed by atoms with Crippen molar-refractivity contribution < 1.29 is 18.6 Å². The number of hydrogen-bond donors (Lipinski definition) is 1. The van der Waals surface area contributed by atoms with Crippen molar-refractivity contribution in [2.45, 2.75) is 95.7 Å². The van der Waals surface area contributed by atoms with E-state index in [1.807, 2.05) is 0 Å². The first-order valence-electron chi connectivity index (χ1n) is 10.2. The molecule has 3 fully saturated rings. The summed E-state index contributed by atoms with van der Waals surface area (Å²) in [5, 5.41) is 10.7. The molecule has 2 aliphatic carbocycles. The van der Waals surface area contributed by atoms with Crippen molar-refractivity contribution in [3.05, 3.63) is 0 Å². The van der Waals surface area contributed by atoms with E-state index < -0.39 is 24.4 Å². The van der Waals surface area contributed by atoms with Gasteiger partial charge in [-0.3, -0.25) is 0 Å². The van der Waals surface area contributed by atoms with Crippen LogP contribution >= 0.6 is 0 Å². The Labute approximate surface area is 145 Å². The van der Waals surface area contributed by atoms with Gasteiger partial charge in [0.1, 0.15) is 12.3 Å². The van der Waals surface area contributed by atoms with E-state index in [0.717, 1.165) is 31.6 Å². The highest BCUT2D eigenvalue weighted by atomic mass is 19.2. The fraction of sp³-hybridized carbons (Fsp3) is 1.00. The summed E-state index contributed by atoms with van der Waals surface area (Å²) in [6.45, 7) is 2.80. The zero-order valence-corrected chi connectivity index (χ0v) is 15.0. The Hall–Kier alpha value is -0.220. The standard InChI is InChI=1S/C20H34F2O2/c1-2-3-4-5-13-6-8-14(9-7-13)20(23)16-11-10-15(17-12-24-17)18(21)19(16)22/h13-20,23H,2-12H2,1H3. The third-order valence-electron chi connectivity index (χ3n) is 6.82. The van der Waals surface area contributed by atoms with Gasteiger partial charge in [0.2, 0.25) is 0 Å². The predicted octanol–water partition coefficient (Wildman–Crippen LogP) is 4.84. The van der Waals surface area contributed by atoms with Crippen molar-refractivity contribution in [1.82, 2.24) is 0 Å². The summed E-state index contributed by atoms with van der Waals surface area (Å²) >= 11 is 0. The van der Waals surface area contributed by atoms with Crippen LogP contribution in [0.2, 0.25) is 0 Å². The average molecular weight is 344 g/mol. The van der Waals surface area contributed by atoms with Gasteiger partial charge in [0.05, 0.1) is 18.8 Å². The van der Waals surface area contributed by atoms with E-state index in [1.54, 1.807) is 0 Å². The molecular weight excluding hydrogens is 310 g/mol. The molecule has 1 saturated heterocycles. The average Bonchev–Trinajstić information content (AvgIpc) is 3.42. The molecule has 0 aromatic heterocycles. The molecule has 3 rings (SSSR count). The number of unbranched alkanes of at least 4 members (excludes halogenated alkanes) is 2. The van der Waals surface area contributed by atoms with Gasteiger partial charge in [-0.25, -0.2) is 8.78 Å². The maximum Gasteiger partial charge on any atom is 0.137 e. The Kier molecular flexibility index (Phi) is 6.53. The molecule has 1 aliphatic heterocycles. The molecule has 1 N–H and O–H groups in total. The van der Waals surface area contributed by atoms with Crippen LogP contribution in [0.4, 0.5) is 8.78 Å². The van der Waals surface area contributed by atoms with E-state index in [9.17, 15) is 13.9 Å². The lowest BCUT2D eigenvalue weighted by molar-refractivity contribution is -0.0673. The van der Waals surface area contributed by atoms with E-state index in [0.29, 0.717) is 19.4 Å². The molecule has 0 aromatic rings. The molecular formula is C20H34F2O2. The smallest absolute Gasteiger partial charge is 0.137 e. The Morgan fingerprint density at radius 1 is 1.00 bits per heavy atom. The molecule has 2 nitrogen and oxygen atoms in total. The van der Waals surface area contributed by atoms with Gasteiger partial charge in [-0.2, -0.15) is 0 Å². The van der Waals surface area contributed by atoms with Crippen LogP contribution in [0.3, 0.4) is 0 Å². The minimum atomic E-state index is -1.52. The number of aliphatic hydroxyl groups is 1. The van der Waals surface area contributed by atoms with E-state index >= 15 is 0 Å². The molecule has 140 valence electrons. The van der Waals surface area contributed by atoms with Crippen LogP contribution in [0.1, 0.15) is 71.1 Å². The van der Waals surface area contributed by atoms with Crippen molar-refractivity contribution >= 4 is 0 Å². The summed E-state index contributed by atoms with van der Waals surface area (Å²) in [7, 11) is 0. The maximum absolute atomic E-state index is 14.6. The van der Waals surface area contributed by atoms with E-state index in [4.69, 9.17) is 4.74 Å². The summed E-state index contributed by atoms with van der Waals surface area (Å²) < 4.78 is 34.1. The van der Waals surface area contributed by atoms with Gasteiger partial charge in [0.25, 0.3) is 0 Å². The molecule has 4 heteroatoms. The van der Waals surface area contributed by atoms with E-state index in [1.165, 1.54) is 25.7 Å². The van der Waals surface area contributed by atoms with Crippen LogP contribution in [0, 0.1) is 23.7 Å². The molecule has 6 unspecified atom stereocenters. The molecule has 0 amide bonds. The Balaban J connectivity index is 1.45. The third-order valence-corrected chi connectivity index (χ3v) is 6.82. The van der Waals surface area contributed by atoms with Crippen molar-refractivity contribution in [1.29, 1.82) is 0 Å². The van der Waals surface area contributed by atoms with Gasteiger partial charge >= 0.3 is 0 Å². The van der Waals surface area contributed by atoms with Crippen LogP contribution < -0.4 is 0 Å². The highest BCUT2D eigenvalue weighted by Crippen LogP contribution is 2.44. The number of halogens is 2. The fourth-order valence-electron chi connectivity index (χ4n) is 5.08. The predicted molar refractivity (Wildman–Crippen MR) is 91.3 cm³/mol. The summed E-state index contributed by atoms with van der Waals surface area (Å²) in [6.07, 6.45) is 6.93. The van der Waals surface area contributed by atoms with Gasteiger partial charge in [-0.05, 0) is 37.5 Å². The second kappa shape index (κ2) is 8.44. The minimum Gasteiger partial charge on any atom is -0.392 e. The topological polar surface area (TPSA) is 32.8 Å². The Morgan fingerprint density at radius 2 is 1.71 bits per heavy atom. The second-order valence-electron chi connectivity index (χ2n) is 8.43. The molecule has 3 aliphatic rings. The lowest BCUT2D eigenvalue weighted by atomic mass is 9.69.